The minimum absolute atomic E-state index is 0. The molecule has 0 aliphatic heterocycles. The normalized spacial score (nSPS) is 9.77. The van der Waals surface area contributed by atoms with Gasteiger partial charge in [0.1, 0.15) is 0 Å². The van der Waals surface area contributed by atoms with Gasteiger partial charge in [0, 0.05) is 19.5 Å². The van der Waals surface area contributed by atoms with Gasteiger partial charge in [0.25, 0.3) is 0 Å². The van der Waals surface area contributed by atoms with Gasteiger partial charge in [0.05, 0.1) is 0 Å². The van der Waals surface area contributed by atoms with Crippen molar-refractivity contribution in [1.82, 2.24) is 0 Å². The van der Waals surface area contributed by atoms with Crippen LogP contribution in [0.15, 0.2) is 24.3 Å². The van der Waals surface area contributed by atoms with Gasteiger partial charge in [0.2, 0.25) is 0 Å². The third-order valence-corrected chi connectivity index (χ3v) is 1.82. The first-order chi connectivity index (χ1) is 5.00. The van der Waals surface area contributed by atoms with Crippen molar-refractivity contribution < 1.29 is 19.5 Å². The fourth-order valence-corrected chi connectivity index (χ4v) is 1.00. The summed E-state index contributed by atoms with van der Waals surface area (Å²) in [5, 5.41) is 0. The number of benzene rings is 1. The molecule has 0 atom stereocenters. The average Bonchev–Trinajstić information content (AvgIpc) is 1.86. The van der Waals surface area contributed by atoms with E-state index in [0.717, 1.165) is 5.56 Å². The molecular weight excluding hydrogens is 277 g/mol. The molecule has 1 rings (SSSR count). The van der Waals surface area contributed by atoms with Crippen LogP contribution in [-0.4, -0.2) is 0 Å². The topological polar surface area (TPSA) is 0 Å². The minimum Gasteiger partial charge on any atom is -0.199 e. The third kappa shape index (κ3) is 4.83. The van der Waals surface area contributed by atoms with E-state index in [-0.39, 0.29) is 41.9 Å². The fourth-order valence-electron chi connectivity index (χ4n) is 1.00. The predicted octanol–water partition coefficient (Wildman–Crippen LogP) is 3.74. The van der Waals surface area contributed by atoms with E-state index in [1.807, 2.05) is 0 Å². The van der Waals surface area contributed by atoms with Crippen LogP contribution >= 0.6 is 17.0 Å². The molecule has 0 bridgehead atoms. The van der Waals surface area contributed by atoms with E-state index in [1.165, 1.54) is 5.56 Å². The Bertz CT molecular complexity index is 233. The predicted molar refractivity (Wildman–Crippen MR) is 59.9 cm³/mol. The maximum atomic E-state index is 3.84. The molecule has 0 saturated heterocycles. The maximum absolute atomic E-state index is 3.84. The summed E-state index contributed by atoms with van der Waals surface area (Å²) >= 11 is 0. The SMILES string of the molecule is Br.[CH2-]c1ccc(C(C)(C)C)cc1.[Zn]. The van der Waals surface area contributed by atoms with Crippen LogP contribution in [-0.2, 0) is 24.9 Å². The molecule has 0 N–H and O–H groups in total. The van der Waals surface area contributed by atoms with Gasteiger partial charge in [-0.15, -0.1) is 29.1 Å². The van der Waals surface area contributed by atoms with Crippen molar-refractivity contribution in [3.8, 4) is 0 Å². The molecule has 0 amide bonds. The summed E-state index contributed by atoms with van der Waals surface area (Å²) in [6, 6.07) is 8.39. The first kappa shape index (κ1) is 15.7. The molecule has 0 unspecified atom stereocenters. The maximum Gasteiger partial charge on any atom is 0 e. The van der Waals surface area contributed by atoms with Crippen LogP contribution in [0.1, 0.15) is 31.9 Å². The molecule has 2 heteroatoms. The molecule has 0 nitrogen and oxygen atoms in total. The van der Waals surface area contributed by atoms with E-state index in [2.05, 4.69) is 52.0 Å². The Morgan fingerprint density at radius 3 is 1.69 bits per heavy atom. The minimum atomic E-state index is 0. The monoisotopic (exact) mass is 291 g/mol. The van der Waals surface area contributed by atoms with Crippen molar-refractivity contribution in [2.75, 3.05) is 0 Å². The molecule has 70 valence electrons. The zero-order valence-corrected chi connectivity index (χ0v) is 13.3. The Labute approximate surface area is 105 Å². The van der Waals surface area contributed by atoms with Crippen LogP contribution in [0.3, 0.4) is 0 Å². The molecule has 0 aliphatic rings. The summed E-state index contributed by atoms with van der Waals surface area (Å²) < 4.78 is 0. The van der Waals surface area contributed by atoms with Gasteiger partial charge in [-0.3, -0.25) is 0 Å². The van der Waals surface area contributed by atoms with Crippen LogP contribution in [0.5, 0.6) is 0 Å². The Morgan fingerprint density at radius 2 is 1.38 bits per heavy atom. The second-order valence-corrected chi connectivity index (χ2v) is 3.95. The Kier molecular flexibility index (Phi) is 7.02. The van der Waals surface area contributed by atoms with Gasteiger partial charge < -0.3 is 0 Å². The molecule has 0 aromatic heterocycles. The quantitative estimate of drug-likeness (QED) is 0.505. The number of rotatable bonds is 0. The van der Waals surface area contributed by atoms with Gasteiger partial charge in [-0.2, -0.15) is 24.6 Å². The second-order valence-electron chi connectivity index (χ2n) is 3.95. The number of hydrogen-bond acceptors (Lipinski definition) is 0. The average molecular weight is 294 g/mol. The fraction of sp³-hybridized carbons (Fsp3) is 0.364. The zero-order chi connectivity index (χ0) is 8.48. The standard InChI is InChI=1S/C11H15.BrH.Zn/c1-9-5-7-10(8-6-9)11(2,3)4;;/h5-8H,1H2,2-4H3;1H;/q-1;;. The summed E-state index contributed by atoms with van der Waals surface area (Å²) in [5.41, 5.74) is 2.70. The van der Waals surface area contributed by atoms with Gasteiger partial charge in [-0.05, 0) is 5.41 Å². The van der Waals surface area contributed by atoms with Gasteiger partial charge >= 0.3 is 0 Å². The first-order valence-corrected chi connectivity index (χ1v) is 3.92. The third-order valence-electron chi connectivity index (χ3n) is 1.82. The van der Waals surface area contributed by atoms with Gasteiger partial charge in [-0.25, -0.2) is 0 Å². The van der Waals surface area contributed by atoms with E-state index in [0.29, 0.717) is 0 Å². The number of hydrogen-bond donors (Lipinski definition) is 0. The van der Waals surface area contributed by atoms with Gasteiger partial charge in [-0.1, -0.05) is 26.3 Å². The molecule has 0 spiro atoms. The van der Waals surface area contributed by atoms with E-state index < -0.39 is 0 Å². The van der Waals surface area contributed by atoms with Crippen LogP contribution in [0.25, 0.3) is 0 Å². The Balaban J connectivity index is 0. The van der Waals surface area contributed by atoms with Crippen LogP contribution < -0.4 is 0 Å². The van der Waals surface area contributed by atoms with E-state index >= 15 is 0 Å². The summed E-state index contributed by atoms with van der Waals surface area (Å²) in [7, 11) is 0. The molecule has 0 saturated carbocycles. The summed E-state index contributed by atoms with van der Waals surface area (Å²) in [6.45, 7) is 10.5. The Hall–Kier alpha value is 0.193. The Morgan fingerprint density at radius 1 is 1.00 bits per heavy atom. The zero-order valence-electron chi connectivity index (χ0n) is 8.63. The van der Waals surface area contributed by atoms with Gasteiger partial charge in [0.15, 0.2) is 0 Å². The second kappa shape index (κ2) is 5.83. The van der Waals surface area contributed by atoms with Crippen LogP contribution in [0.4, 0.5) is 0 Å². The van der Waals surface area contributed by atoms with E-state index in [1.54, 1.807) is 0 Å². The molecule has 0 fully saturated rings. The molecule has 13 heavy (non-hydrogen) atoms. The molecule has 1 aromatic rings. The summed E-state index contributed by atoms with van der Waals surface area (Å²) in [6.07, 6.45) is 0. The van der Waals surface area contributed by atoms with E-state index in [4.69, 9.17) is 0 Å². The van der Waals surface area contributed by atoms with E-state index in [9.17, 15) is 0 Å². The van der Waals surface area contributed by atoms with Crippen LogP contribution in [0, 0.1) is 6.92 Å². The van der Waals surface area contributed by atoms with Crippen molar-refractivity contribution in [1.29, 1.82) is 0 Å². The number of halogens is 1. The molecular formula is C11H16BrZn-. The molecule has 0 aliphatic carbocycles. The van der Waals surface area contributed by atoms with Crippen molar-refractivity contribution >= 4 is 17.0 Å². The van der Waals surface area contributed by atoms with Crippen LogP contribution in [0.2, 0.25) is 0 Å². The van der Waals surface area contributed by atoms with Crippen molar-refractivity contribution in [2.45, 2.75) is 26.2 Å². The summed E-state index contributed by atoms with van der Waals surface area (Å²) in [4.78, 5) is 0. The first-order valence-electron chi connectivity index (χ1n) is 3.92. The summed E-state index contributed by atoms with van der Waals surface area (Å²) in [5.74, 6) is 0. The molecule has 0 heterocycles. The van der Waals surface area contributed by atoms with Crippen molar-refractivity contribution in [3.63, 3.8) is 0 Å². The van der Waals surface area contributed by atoms with Crippen molar-refractivity contribution in [2.24, 2.45) is 0 Å². The molecule has 1 aromatic carbocycles. The molecule has 0 radical (unpaired) electrons. The smallest absolute Gasteiger partial charge is 0 e. The largest absolute Gasteiger partial charge is 0.199 e. The van der Waals surface area contributed by atoms with Crippen molar-refractivity contribution in [3.05, 3.63) is 42.3 Å².